The summed E-state index contributed by atoms with van der Waals surface area (Å²) < 4.78 is 44.7. The van der Waals surface area contributed by atoms with E-state index >= 15 is 0 Å². The highest BCUT2D eigenvalue weighted by Gasteiger charge is 2.63. The quantitative estimate of drug-likeness (QED) is 0.492. The fraction of sp³-hybridized carbons (Fsp3) is 0.333. The summed E-state index contributed by atoms with van der Waals surface area (Å²) in [6, 6.07) is 8.80. The highest BCUT2D eigenvalue weighted by molar-refractivity contribution is 5.88. The van der Waals surface area contributed by atoms with Crippen molar-refractivity contribution in [2.75, 3.05) is 0 Å². The lowest BCUT2D eigenvalue weighted by atomic mass is 9.56. The van der Waals surface area contributed by atoms with Crippen molar-refractivity contribution in [2.24, 2.45) is 12.5 Å². The van der Waals surface area contributed by atoms with Crippen LogP contribution in [0.5, 0.6) is 0 Å². The van der Waals surface area contributed by atoms with E-state index < -0.39 is 28.1 Å². The summed E-state index contributed by atoms with van der Waals surface area (Å²) >= 11 is 0. The molecule has 0 atom stereocenters. The minimum atomic E-state index is -4.74. The normalized spacial score (nSPS) is 18.1. The molecule has 3 heterocycles. The first kappa shape index (κ1) is 20.7. The first-order chi connectivity index (χ1) is 16.2. The van der Waals surface area contributed by atoms with Crippen LogP contribution in [-0.2, 0) is 18.6 Å². The van der Waals surface area contributed by atoms with Gasteiger partial charge in [-0.15, -0.1) is 10.2 Å². The van der Waals surface area contributed by atoms with Crippen LogP contribution in [0.25, 0.3) is 16.6 Å². The molecule has 0 unspecified atom stereocenters. The average Bonchev–Trinajstić information content (AvgIpc) is 3.25. The summed E-state index contributed by atoms with van der Waals surface area (Å²) in [5.74, 6) is 0.809. The maximum absolute atomic E-state index is 13.9. The van der Waals surface area contributed by atoms with Crippen LogP contribution in [0.4, 0.5) is 13.2 Å². The van der Waals surface area contributed by atoms with E-state index in [2.05, 4.69) is 15.2 Å². The number of aromatic nitrogens is 5. The molecule has 0 saturated heterocycles. The maximum Gasteiger partial charge on any atom is 0.418 e. The molecule has 2 aliphatic rings. The Balaban J connectivity index is 1.55. The zero-order chi connectivity index (χ0) is 23.9. The molecular formula is C24H19F3N6O. The van der Waals surface area contributed by atoms with Gasteiger partial charge in [-0.05, 0) is 48.8 Å². The fourth-order valence-corrected chi connectivity index (χ4v) is 5.66. The van der Waals surface area contributed by atoms with Crippen LogP contribution in [0.3, 0.4) is 0 Å². The lowest BCUT2D eigenvalue weighted by Gasteiger charge is -2.48. The number of hydrogen-bond donors (Lipinski definition) is 1. The number of nitrogens with zero attached hydrogens (tertiary/aromatic N) is 5. The number of hydrogen-bond acceptors (Lipinski definition) is 4. The summed E-state index contributed by atoms with van der Waals surface area (Å²) in [7, 11) is 1.88. The van der Waals surface area contributed by atoms with Gasteiger partial charge in [-0.25, -0.2) is 0 Å². The summed E-state index contributed by atoms with van der Waals surface area (Å²) in [6.45, 7) is 0. The molecule has 0 radical (unpaired) electrons. The van der Waals surface area contributed by atoms with Crippen molar-refractivity contribution >= 4 is 10.9 Å². The van der Waals surface area contributed by atoms with E-state index in [1.165, 1.54) is 0 Å². The summed E-state index contributed by atoms with van der Waals surface area (Å²) in [5.41, 5.74) is -1.04. The van der Waals surface area contributed by atoms with E-state index in [0.29, 0.717) is 11.1 Å². The minimum absolute atomic E-state index is 0.217. The van der Waals surface area contributed by atoms with Crippen molar-refractivity contribution in [1.82, 2.24) is 24.3 Å². The van der Waals surface area contributed by atoms with E-state index in [0.717, 1.165) is 54.0 Å². The lowest BCUT2D eigenvalue weighted by Crippen LogP contribution is -2.45. The van der Waals surface area contributed by atoms with E-state index in [-0.39, 0.29) is 11.1 Å². The van der Waals surface area contributed by atoms with Crippen LogP contribution < -0.4 is 5.56 Å². The van der Waals surface area contributed by atoms with Gasteiger partial charge in [0.1, 0.15) is 23.7 Å². The Morgan fingerprint density at radius 3 is 2.62 bits per heavy atom. The van der Waals surface area contributed by atoms with Crippen molar-refractivity contribution < 1.29 is 13.2 Å². The Kier molecular flexibility index (Phi) is 4.02. The van der Waals surface area contributed by atoms with Crippen molar-refractivity contribution in [1.29, 1.82) is 5.26 Å². The van der Waals surface area contributed by atoms with Gasteiger partial charge in [-0.3, -0.25) is 9.36 Å². The molecule has 172 valence electrons. The van der Waals surface area contributed by atoms with E-state index in [1.807, 2.05) is 17.7 Å². The predicted octanol–water partition coefficient (Wildman–Crippen LogP) is 4.20. The molecule has 34 heavy (non-hydrogen) atoms. The number of H-pyrrole nitrogens is 1. The zero-order valence-electron chi connectivity index (χ0n) is 18.1. The average molecular weight is 464 g/mol. The third-order valence-electron chi connectivity index (χ3n) is 7.39. The highest BCUT2D eigenvalue weighted by Crippen LogP contribution is 2.70. The molecule has 2 saturated carbocycles. The predicted molar refractivity (Wildman–Crippen MR) is 116 cm³/mol. The summed E-state index contributed by atoms with van der Waals surface area (Å²) in [4.78, 5) is 15.8. The first-order valence-corrected chi connectivity index (χ1v) is 10.9. The van der Waals surface area contributed by atoms with Gasteiger partial charge in [0.15, 0.2) is 0 Å². The van der Waals surface area contributed by atoms with Gasteiger partial charge in [0, 0.05) is 30.5 Å². The Morgan fingerprint density at radius 1 is 1.24 bits per heavy atom. The zero-order valence-corrected chi connectivity index (χ0v) is 18.1. The van der Waals surface area contributed by atoms with Gasteiger partial charge in [-0.2, -0.15) is 18.4 Å². The molecular weight excluding hydrogens is 445 g/mol. The standard InChI is InChI=1S/C24H19F3N6O/c1-32-13-30-31-21(32)23(11-22(12-23)5-6-22)15-3-2-4-16(7-15)33-10-17(24(25,26)27)18-14(8-28)9-29-19(18)20(33)34/h2-4,7,9-10,13,29H,5-6,11-12H2,1H3. The number of aryl methyl sites for hydroxylation is 1. The molecule has 3 aromatic heterocycles. The molecule has 2 fully saturated rings. The third-order valence-corrected chi connectivity index (χ3v) is 7.39. The number of rotatable bonds is 3. The lowest BCUT2D eigenvalue weighted by molar-refractivity contribution is -0.136. The van der Waals surface area contributed by atoms with Crippen LogP contribution >= 0.6 is 0 Å². The van der Waals surface area contributed by atoms with Crippen LogP contribution in [0.15, 0.2) is 47.8 Å². The molecule has 2 aliphatic carbocycles. The Hall–Kier alpha value is -3.87. The Labute approximate surface area is 191 Å². The molecule has 0 bridgehead atoms. The third kappa shape index (κ3) is 2.79. The van der Waals surface area contributed by atoms with Crippen molar-refractivity contribution in [3.05, 3.63) is 75.9 Å². The molecule has 1 spiro atoms. The van der Waals surface area contributed by atoms with Gasteiger partial charge < -0.3 is 9.55 Å². The molecule has 7 nitrogen and oxygen atoms in total. The number of fused-ring (bicyclic) bond motifs is 1. The van der Waals surface area contributed by atoms with E-state index in [9.17, 15) is 23.2 Å². The topological polar surface area (TPSA) is 92.3 Å². The van der Waals surface area contributed by atoms with Gasteiger partial charge in [0.25, 0.3) is 5.56 Å². The fourth-order valence-electron chi connectivity index (χ4n) is 5.66. The number of alkyl halides is 3. The van der Waals surface area contributed by atoms with E-state index in [1.54, 1.807) is 30.6 Å². The molecule has 6 rings (SSSR count). The SMILES string of the molecule is Cn1cnnc1C1(c2cccc(-n3cc(C(F)(F)F)c4c(C#N)c[nH]c4c3=O)c2)CC2(CC2)C1. The Morgan fingerprint density at radius 2 is 2.00 bits per heavy atom. The van der Waals surface area contributed by atoms with Gasteiger partial charge in [-0.1, -0.05) is 12.1 Å². The van der Waals surface area contributed by atoms with Crippen LogP contribution in [0, 0.1) is 16.7 Å². The van der Waals surface area contributed by atoms with Crippen LogP contribution in [-0.4, -0.2) is 24.3 Å². The number of nitrogens with one attached hydrogen (secondary N) is 1. The number of nitriles is 1. The summed E-state index contributed by atoms with van der Waals surface area (Å²) in [6.07, 6.45) is 2.91. The largest absolute Gasteiger partial charge is 0.418 e. The number of aromatic amines is 1. The smallest absolute Gasteiger partial charge is 0.355 e. The molecule has 1 aromatic carbocycles. The van der Waals surface area contributed by atoms with Gasteiger partial charge in [0.05, 0.1) is 16.5 Å². The van der Waals surface area contributed by atoms with Crippen molar-refractivity contribution in [2.45, 2.75) is 37.3 Å². The van der Waals surface area contributed by atoms with Gasteiger partial charge >= 0.3 is 6.18 Å². The second-order valence-corrected chi connectivity index (χ2v) is 9.53. The Bertz CT molecular complexity index is 1560. The second-order valence-electron chi connectivity index (χ2n) is 9.53. The number of benzene rings is 1. The number of pyridine rings is 1. The molecule has 4 aromatic rings. The first-order valence-electron chi connectivity index (χ1n) is 10.9. The van der Waals surface area contributed by atoms with E-state index in [4.69, 9.17) is 0 Å². The van der Waals surface area contributed by atoms with Gasteiger partial charge in [0.2, 0.25) is 0 Å². The second kappa shape index (κ2) is 6.59. The molecule has 0 aliphatic heterocycles. The monoisotopic (exact) mass is 464 g/mol. The molecule has 0 amide bonds. The summed E-state index contributed by atoms with van der Waals surface area (Å²) in [5, 5.41) is 17.3. The maximum atomic E-state index is 13.9. The highest BCUT2D eigenvalue weighted by atomic mass is 19.4. The van der Waals surface area contributed by atoms with Crippen LogP contribution in [0.2, 0.25) is 0 Å². The van der Waals surface area contributed by atoms with Crippen molar-refractivity contribution in [3.8, 4) is 11.8 Å². The van der Waals surface area contributed by atoms with Crippen molar-refractivity contribution in [3.63, 3.8) is 0 Å². The number of halogens is 3. The minimum Gasteiger partial charge on any atom is -0.355 e. The van der Waals surface area contributed by atoms with Crippen LogP contribution in [0.1, 0.15) is 48.2 Å². The molecule has 1 N–H and O–H groups in total. The molecule has 10 heteroatoms.